The summed E-state index contributed by atoms with van der Waals surface area (Å²) in [5.41, 5.74) is -1.06. The number of aliphatic carboxylic acids is 1. The summed E-state index contributed by atoms with van der Waals surface area (Å²) in [6.45, 7) is 4.20. The zero-order valence-corrected chi connectivity index (χ0v) is 13.6. The van der Waals surface area contributed by atoms with Crippen molar-refractivity contribution in [2.24, 2.45) is 0 Å². The summed E-state index contributed by atoms with van der Waals surface area (Å²) in [6, 6.07) is 1.61. The van der Waals surface area contributed by atoms with Gasteiger partial charge in [-0.25, -0.2) is 13.1 Å². The Labute approximate surface area is 128 Å². The second-order valence-electron chi connectivity index (χ2n) is 5.39. The van der Waals surface area contributed by atoms with E-state index in [4.69, 9.17) is 9.84 Å². The Bertz CT molecular complexity index is 629. The molecule has 0 aromatic carbocycles. The third kappa shape index (κ3) is 3.82. The number of aryl methyl sites for hydroxylation is 2. The molecular weight excluding hydrogens is 314 g/mol. The van der Waals surface area contributed by atoms with E-state index < -0.39 is 21.5 Å². The number of rotatable bonds is 5. The average molecular weight is 333 g/mol. The van der Waals surface area contributed by atoms with Gasteiger partial charge in [-0.2, -0.15) is 0 Å². The molecule has 2 heterocycles. The van der Waals surface area contributed by atoms with Gasteiger partial charge >= 0.3 is 5.97 Å². The van der Waals surface area contributed by atoms with Gasteiger partial charge in [0.2, 0.25) is 10.0 Å². The van der Waals surface area contributed by atoms with E-state index in [-0.39, 0.29) is 17.9 Å². The number of ether oxygens (including phenoxy) is 1. The van der Waals surface area contributed by atoms with Crippen molar-refractivity contribution in [3.8, 4) is 0 Å². The lowest BCUT2D eigenvalue weighted by atomic mass is 9.90. The SMILES string of the molecule is Cc1cc(S(=O)(=O)N[C@@]2(CC(=O)O)CCCOC2)c(C)s1. The highest BCUT2D eigenvalue weighted by Gasteiger charge is 2.40. The highest BCUT2D eigenvalue weighted by atomic mass is 32.2. The van der Waals surface area contributed by atoms with E-state index in [1.807, 2.05) is 6.92 Å². The molecule has 2 N–H and O–H groups in total. The number of nitrogens with one attached hydrogen (secondary N) is 1. The van der Waals surface area contributed by atoms with Crippen LogP contribution in [0.1, 0.15) is 29.0 Å². The fourth-order valence-electron chi connectivity index (χ4n) is 2.61. The van der Waals surface area contributed by atoms with Crippen molar-refractivity contribution in [2.75, 3.05) is 13.2 Å². The summed E-state index contributed by atoms with van der Waals surface area (Å²) in [6.07, 6.45) is 0.812. The van der Waals surface area contributed by atoms with Gasteiger partial charge in [0.15, 0.2) is 0 Å². The highest BCUT2D eigenvalue weighted by Crippen LogP contribution is 2.29. The first-order valence-corrected chi connectivity index (χ1v) is 8.95. The Kier molecular flexibility index (Phi) is 4.72. The van der Waals surface area contributed by atoms with E-state index in [2.05, 4.69) is 4.72 Å². The lowest BCUT2D eigenvalue weighted by molar-refractivity contribution is -0.140. The van der Waals surface area contributed by atoms with Gasteiger partial charge in [0, 0.05) is 16.4 Å². The zero-order chi connectivity index (χ0) is 15.7. The first-order chi connectivity index (χ1) is 9.74. The molecule has 0 bridgehead atoms. The number of thiophene rings is 1. The first-order valence-electron chi connectivity index (χ1n) is 6.65. The van der Waals surface area contributed by atoms with Crippen molar-refractivity contribution < 1.29 is 23.1 Å². The normalized spacial score (nSPS) is 23.1. The maximum absolute atomic E-state index is 12.6. The van der Waals surface area contributed by atoms with Crippen LogP contribution < -0.4 is 4.72 Å². The van der Waals surface area contributed by atoms with Gasteiger partial charge in [-0.15, -0.1) is 11.3 Å². The van der Waals surface area contributed by atoms with E-state index in [1.165, 1.54) is 11.3 Å². The summed E-state index contributed by atoms with van der Waals surface area (Å²) < 4.78 is 33.0. The third-order valence-corrected chi connectivity index (χ3v) is 6.25. The largest absolute Gasteiger partial charge is 0.481 e. The molecule has 0 amide bonds. The molecule has 0 spiro atoms. The van der Waals surface area contributed by atoms with E-state index in [0.717, 1.165) is 4.88 Å². The van der Waals surface area contributed by atoms with Gasteiger partial charge in [-0.1, -0.05) is 0 Å². The summed E-state index contributed by atoms with van der Waals surface area (Å²) in [5, 5.41) is 9.07. The van der Waals surface area contributed by atoms with Crippen molar-refractivity contribution in [1.29, 1.82) is 0 Å². The minimum Gasteiger partial charge on any atom is -0.481 e. The molecule has 0 radical (unpaired) electrons. The second kappa shape index (κ2) is 6.04. The summed E-state index contributed by atoms with van der Waals surface area (Å²) in [4.78, 5) is 12.9. The van der Waals surface area contributed by atoms with Crippen molar-refractivity contribution in [2.45, 2.75) is 43.5 Å². The molecule has 1 atom stereocenters. The van der Waals surface area contributed by atoms with Gasteiger partial charge < -0.3 is 9.84 Å². The predicted octanol–water partition coefficient (Wildman–Crippen LogP) is 1.67. The predicted molar refractivity (Wildman–Crippen MR) is 79.2 cm³/mol. The Morgan fingerprint density at radius 1 is 1.52 bits per heavy atom. The standard InChI is InChI=1S/C13H19NO5S2/c1-9-6-11(10(2)20-9)21(17,18)14-13(7-12(15)16)4-3-5-19-8-13/h6,14H,3-5,7-8H2,1-2H3,(H,15,16)/t13-/m1/s1. The van der Waals surface area contributed by atoms with E-state index in [9.17, 15) is 13.2 Å². The minimum atomic E-state index is -3.76. The number of hydrogen-bond acceptors (Lipinski definition) is 5. The van der Waals surface area contributed by atoms with Crippen molar-refractivity contribution >= 4 is 27.3 Å². The average Bonchev–Trinajstić information content (AvgIpc) is 2.68. The minimum absolute atomic E-state index is 0.0840. The Morgan fingerprint density at radius 3 is 2.71 bits per heavy atom. The maximum Gasteiger partial charge on any atom is 0.305 e. The number of sulfonamides is 1. The third-order valence-electron chi connectivity index (χ3n) is 3.45. The van der Waals surface area contributed by atoms with Crippen LogP contribution in [0.25, 0.3) is 0 Å². The van der Waals surface area contributed by atoms with Gasteiger partial charge in [0.25, 0.3) is 0 Å². The molecule has 1 aromatic rings. The van der Waals surface area contributed by atoms with Crippen molar-refractivity contribution in [3.05, 3.63) is 15.8 Å². The van der Waals surface area contributed by atoms with Crippen LogP contribution in [0.15, 0.2) is 11.0 Å². The zero-order valence-electron chi connectivity index (χ0n) is 12.0. The quantitative estimate of drug-likeness (QED) is 0.855. The molecule has 0 unspecified atom stereocenters. The Balaban J connectivity index is 2.31. The van der Waals surface area contributed by atoms with Gasteiger partial charge in [0.1, 0.15) is 0 Å². The topological polar surface area (TPSA) is 92.7 Å². The van der Waals surface area contributed by atoms with E-state index in [1.54, 1.807) is 13.0 Å². The van der Waals surface area contributed by atoms with Gasteiger partial charge in [0.05, 0.1) is 23.5 Å². The fourth-order valence-corrected chi connectivity index (χ4v) is 5.58. The molecule has 6 nitrogen and oxygen atoms in total. The fraction of sp³-hybridized carbons (Fsp3) is 0.615. The smallest absolute Gasteiger partial charge is 0.305 e. The van der Waals surface area contributed by atoms with E-state index in [0.29, 0.717) is 24.3 Å². The molecule has 1 aliphatic rings. The number of hydrogen-bond donors (Lipinski definition) is 2. The summed E-state index contributed by atoms with van der Waals surface area (Å²) in [5.74, 6) is -1.04. The van der Waals surface area contributed by atoms with Gasteiger partial charge in [-0.05, 0) is 32.8 Å². The van der Waals surface area contributed by atoms with Crippen LogP contribution in [0.5, 0.6) is 0 Å². The van der Waals surface area contributed by atoms with Gasteiger partial charge in [-0.3, -0.25) is 4.79 Å². The van der Waals surface area contributed by atoms with Crippen LogP contribution in [0.2, 0.25) is 0 Å². The lowest BCUT2D eigenvalue weighted by Crippen LogP contribution is -2.55. The highest BCUT2D eigenvalue weighted by molar-refractivity contribution is 7.89. The molecule has 1 fully saturated rings. The Morgan fingerprint density at radius 2 is 2.24 bits per heavy atom. The van der Waals surface area contributed by atoms with Crippen molar-refractivity contribution in [3.63, 3.8) is 0 Å². The van der Waals surface area contributed by atoms with Crippen LogP contribution >= 0.6 is 11.3 Å². The van der Waals surface area contributed by atoms with Crippen molar-refractivity contribution in [1.82, 2.24) is 4.72 Å². The molecular formula is C13H19NO5S2. The molecule has 21 heavy (non-hydrogen) atoms. The Hall–Kier alpha value is -0.960. The molecule has 118 valence electrons. The summed E-state index contributed by atoms with van der Waals surface area (Å²) >= 11 is 1.40. The second-order valence-corrected chi connectivity index (χ2v) is 8.50. The van der Waals surface area contributed by atoms with Crippen LogP contribution in [-0.2, 0) is 19.6 Å². The lowest BCUT2D eigenvalue weighted by Gasteiger charge is -2.36. The molecule has 1 aromatic heterocycles. The van der Waals surface area contributed by atoms with E-state index >= 15 is 0 Å². The number of carboxylic acid groups (broad SMARTS) is 1. The van der Waals surface area contributed by atoms with Crippen LogP contribution in [0.3, 0.4) is 0 Å². The maximum atomic E-state index is 12.6. The molecule has 0 saturated carbocycles. The first kappa shape index (κ1) is 16.4. The summed E-state index contributed by atoms with van der Waals surface area (Å²) in [7, 11) is -3.76. The number of carboxylic acids is 1. The number of carbonyl (C=O) groups is 1. The molecule has 1 saturated heterocycles. The monoisotopic (exact) mass is 333 g/mol. The molecule has 2 rings (SSSR count). The molecule has 1 aliphatic heterocycles. The van der Waals surface area contributed by atoms with Crippen LogP contribution in [0, 0.1) is 13.8 Å². The van der Waals surface area contributed by atoms with Crippen LogP contribution in [0.4, 0.5) is 0 Å². The molecule has 0 aliphatic carbocycles. The van der Waals surface area contributed by atoms with Crippen LogP contribution in [-0.4, -0.2) is 38.2 Å². The molecule has 8 heteroatoms.